The second-order valence-electron chi connectivity index (χ2n) is 13.6. The zero-order chi connectivity index (χ0) is 33.8. The third-order valence-corrected chi connectivity index (χ3v) is 10.7. The molecule has 7 heterocycles. The summed E-state index contributed by atoms with van der Waals surface area (Å²) in [6.45, 7) is 4.31. The summed E-state index contributed by atoms with van der Waals surface area (Å²) in [5, 5.41) is 3.72. The Kier molecular flexibility index (Phi) is 7.15. The van der Waals surface area contributed by atoms with E-state index < -0.39 is 52.0 Å². The molecule has 2 aromatic heterocycles. The van der Waals surface area contributed by atoms with Gasteiger partial charge in [-0.2, -0.15) is 23.1 Å². The molecule has 1 aromatic carbocycles. The van der Waals surface area contributed by atoms with Crippen molar-refractivity contribution in [1.29, 1.82) is 0 Å². The van der Waals surface area contributed by atoms with E-state index in [-0.39, 0.29) is 72.1 Å². The summed E-state index contributed by atoms with van der Waals surface area (Å²) in [4.78, 5) is 31.9. The third-order valence-electron chi connectivity index (χ3n) is 10.7. The Morgan fingerprint density at radius 1 is 1.10 bits per heavy atom. The van der Waals surface area contributed by atoms with Crippen LogP contribution in [0.4, 0.5) is 33.5 Å². The van der Waals surface area contributed by atoms with Gasteiger partial charge in [-0.05, 0) is 51.2 Å². The van der Waals surface area contributed by atoms with E-state index >= 15 is 4.39 Å². The van der Waals surface area contributed by atoms with Gasteiger partial charge in [0.25, 0.3) is 0 Å². The number of hydrogen-bond acceptors (Lipinski definition) is 10. The van der Waals surface area contributed by atoms with Crippen molar-refractivity contribution in [3.8, 4) is 23.1 Å². The van der Waals surface area contributed by atoms with Gasteiger partial charge in [-0.3, -0.25) is 9.69 Å². The summed E-state index contributed by atoms with van der Waals surface area (Å²) >= 11 is 0. The number of nitrogen functional groups attached to an aromatic ring is 1. The molecule has 3 aromatic rings. The Morgan fingerprint density at radius 2 is 1.90 bits per heavy atom. The first kappa shape index (κ1) is 31.2. The van der Waals surface area contributed by atoms with E-state index in [1.54, 1.807) is 11.9 Å². The van der Waals surface area contributed by atoms with Gasteiger partial charge < -0.3 is 30.3 Å². The van der Waals surface area contributed by atoms with Crippen LogP contribution in [0, 0.1) is 18.6 Å². The minimum absolute atomic E-state index is 0.0128. The van der Waals surface area contributed by atoms with Crippen molar-refractivity contribution in [2.45, 2.75) is 82.0 Å². The van der Waals surface area contributed by atoms with Crippen molar-refractivity contribution in [2.75, 3.05) is 43.9 Å². The van der Waals surface area contributed by atoms with Crippen molar-refractivity contribution in [2.24, 2.45) is 0 Å². The van der Waals surface area contributed by atoms with Crippen LogP contribution >= 0.6 is 0 Å². The van der Waals surface area contributed by atoms with Crippen LogP contribution in [0.25, 0.3) is 22.2 Å². The summed E-state index contributed by atoms with van der Waals surface area (Å²) < 4.78 is 87.3. The zero-order valence-corrected chi connectivity index (χ0v) is 26.6. The molecule has 0 saturated carbocycles. The van der Waals surface area contributed by atoms with E-state index in [0.29, 0.717) is 18.9 Å². The van der Waals surface area contributed by atoms with Crippen molar-refractivity contribution >= 4 is 28.3 Å². The Hall–Kier alpha value is -4.05. The predicted molar refractivity (Wildman–Crippen MR) is 165 cm³/mol. The number of halogens is 5. The number of ether oxygens (including phenoxy) is 2. The fourth-order valence-corrected chi connectivity index (χ4v) is 8.42. The molecule has 1 amide bonds. The molecule has 4 saturated heterocycles. The monoisotopic (exact) mass is 674 g/mol. The summed E-state index contributed by atoms with van der Waals surface area (Å²) in [6.07, 6.45) is -2.13. The van der Waals surface area contributed by atoms with Gasteiger partial charge in [-0.1, -0.05) is 0 Å². The lowest BCUT2D eigenvalue weighted by molar-refractivity contribution is -0.138. The smallest absolute Gasteiger partial charge is 0.417 e. The number of carbonyl (C=O) groups is 1. The highest BCUT2D eigenvalue weighted by Crippen LogP contribution is 2.47. The van der Waals surface area contributed by atoms with Crippen LogP contribution in [0.15, 0.2) is 6.07 Å². The first-order chi connectivity index (χ1) is 22.8. The number of fused-ring (bicyclic) bond motifs is 6. The highest BCUT2D eigenvalue weighted by molar-refractivity contribution is 5.97. The lowest BCUT2D eigenvalue weighted by atomic mass is 9.96. The van der Waals surface area contributed by atoms with E-state index in [2.05, 4.69) is 20.2 Å². The van der Waals surface area contributed by atoms with Gasteiger partial charge >= 0.3 is 12.2 Å². The largest absolute Gasteiger partial charge is 0.472 e. The standard InChI is InChI=1S/C32H35F5N8O3/c1-13-23(32(35,36)37)18(8-19(38)24(13)33)26-25(34)27-22-29(45-9-15-4-7-20(39-15)28(45)14(2)48-30(22)40-26)42-31(41-27)47-12-17-6-5-16-10-43(3)21(46)11-44(16)17/h8,14-17,20,28,39H,4-7,9-12,38H2,1-3H3/t14-,15+,16-,17-,20-,28+/m0/s1. The molecule has 3 N–H and O–H groups in total. The Bertz CT molecular complexity index is 1840. The number of piperazine rings is 2. The molecule has 0 spiro atoms. The highest BCUT2D eigenvalue weighted by atomic mass is 19.4. The van der Waals surface area contributed by atoms with Gasteiger partial charge in [-0.15, -0.1) is 0 Å². The number of alkyl halides is 3. The van der Waals surface area contributed by atoms with E-state index in [4.69, 9.17) is 20.2 Å². The van der Waals surface area contributed by atoms with Crippen LogP contribution in [0.1, 0.15) is 43.7 Å². The van der Waals surface area contributed by atoms with Crippen LogP contribution in [-0.4, -0.2) is 100 Å². The maximum absolute atomic E-state index is 16.8. The van der Waals surface area contributed by atoms with Gasteiger partial charge in [0.15, 0.2) is 5.82 Å². The van der Waals surface area contributed by atoms with E-state index in [1.807, 2.05) is 11.8 Å². The second kappa shape index (κ2) is 11.0. The van der Waals surface area contributed by atoms with Gasteiger partial charge in [0.05, 0.1) is 23.8 Å². The number of aromatic nitrogens is 3. The maximum atomic E-state index is 16.8. The summed E-state index contributed by atoms with van der Waals surface area (Å²) in [5.41, 5.74) is 1.24. The Balaban J connectivity index is 1.28. The third kappa shape index (κ3) is 4.81. The molecule has 8 rings (SSSR count). The minimum atomic E-state index is -5.06. The first-order valence-corrected chi connectivity index (χ1v) is 16.2. The molecular formula is C32H35F5N8O3. The number of benzene rings is 1. The lowest BCUT2D eigenvalue weighted by Crippen LogP contribution is -2.62. The molecule has 4 fully saturated rings. The van der Waals surface area contributed by atoms with Crippen LogP contribution in [0.2, 0.25) is 0 Å². The highest BCUT2D eigenvalue weighted by Gasteiger charge is 2.48. The average Bonchev–Trinajstić information content (AvgIpc) is 3.57. The topological polar surface area (TPSA) is 122 Å². The lowest BCUT2D eigenvalue weighted by Gasteiger charge is -2.42. The minimum Gasteiger partial charge on any atom is -0.472 e. The Morgan fingerprint density at radius 3 is 2.67 bits per heavy atom. The van der Waals surface area contributed by atoms with Crippen molar-refractivity contribution < 1.29 is 36.2 Å². The predicted octanol–water partition coefficient (Wildman–Crippen LogP) is 3.65. The molecule has 0 aliphatic carbocycles. The fourth-order valence-electron chi connectivity index (χ4n) is 8.42. The molecule has 0 unspecified atom stereocenters. The average molecular weight is 675 g/mol. The van der Waals surface area contributed by atoms with Gasteiger partial charge in [0, 0.05) is 49.9 Å². The number of hydrogen-bond donors (Lipinski definition) is 2. The van der Waals surface area contributed by atoms with Crippen molar-refractivity contribution in [3.05, 3.63) is 28.8 Å². The number of amides is 1. The number of nitrogens with two attached hydrogens (primary N) is 1. The molecule has 16 heteroatoms. The summed E-state index contributed by atoms with van der Waals surface area (Å²) in [5.74, 6) is -2.22. The van der Waals surface area contributed by atoms with Gasteiger partial charge in [0.1, 0.15) is 40.9 Å². The normalized spacial score (nSPS) is 28.4. The van der Waals surface area contributed by atoms with Crippen molar-refractivity contribution in [3.63, 3.8) is 0 Å². The summed E-state index contributed by atoms with van der Waals surface area (Å²) in [6, 6.07) is 0.594. The number of anilines is 2. The number of pyridine rings is 1. The zero-order valence-electron chi connectivity index (χ0n) is 26.6. The quantitative estimate of drug-likeness (QED) is 0.314. The SMILES string of the molecule is Cc1c(F)c(N)cc(-c2nc3c4c(nc(OC[C@@H]5CC[C@H]6CN(C)C(=O)CN56)nc4c2F)N2C[C@H]4CC[C@H](N4)[C@H]2[C@H](C)O3)c1C(F)(F)F. The van der Waals surface area contributed by atoms with Crippen LogP contribution < -0.4 is 25.4 Å². The molecule has 11 nitrogen and oxygen atoms in total. The van der Waals surface area contributed by atoms with Crippen LogP contribution in [-0.2, 0) is 11.0 Å². The molecule has 2 bridgehead atoms. The van der Waals surface area contributed by atoms with Crippen LogP contribution in [0.3, 0.4) is 0 Å². The van der Waals surface area contributed by atoms with E-state index in [9.17, 15) is 22.4 Å². The van der Waals surface area contributed by atoms with Gasteiger partial charge in [-0.25, -0.2) is 13.8 Å². The molecule has 5 aliphatic rings. The summed E-state index contributed by atoms with van der Waals surface area (Å²) in [7, 11) is 1.78. The van der Waals surface area contributed by atoms with Crippen molar-refractivity contribution in [1.82, 2.24) is 30.1 Å². The molecule has 5 aliphatic heterocycles. The first-order valence-electron chi connectivity index (χ1n) is 16.2. The van der Waals surface area contributed by atoms with E-state index in [1.165, 1.54) is 0 Å². The number of likely N-dealkylation sites (N-methyl/N-ethyl adjacent to an activating group) is 1. The molecular weight excluding hydrogens is 639 g/mol. The Labute approximate surface area is 272 Å². The number of rotatable bonds is 4. The molecule has 256 valence electrons. The maximum Gasteiger partial charge on any atom is 0.417 e. The molecule has 0 radical (unpaired) electrons. The van der Waals surface area contributed by atoms with Gasteiger partial charge in [0.2, 0.25) is 11.8 Å². The fraction of sp³-hybridized carbons (Fsp3) is 0.562. The van der Waals surface area contributed by atoms with Crippen LogP contribution in [0.5, 0.6) is 11.9 Å². The number of nitrogens with zero attached hydrogens (tertiary/aromatic N) is 6. The van der Waals surface area contributed by atoms with E-state index in [0.717, 1.165) is 38.7 Å². The second-order valence-corrected chi connectivity index (χ2v) is 13.6. The number of carbonyl (C=O) groups excluding carboxylic acids is 1. The molecule has 6 atom stereocenters. The molecule has 48 heavy (non-hydrogen) atoms. The number of nitrogens with one attached hydrogen (secondary N) is 1.